The predicted molar refractivity (Wildman–Crippen MR) is 65.0 cm³/mol. The Morgan fingerprint density at radius 3 is 2.56 bits per heavy atom. The Bertz CT molecular complexity index is 406. The van der Waals surface area contributed by atoms with Crippen LogP contribution in [0.1, 0.15) is 32.6 Å². The molecule has 18 heavy (non-hydrogen) atoms. The summed E-state index contributed by atoms with van der Waals surface area (Å²) in [5.41, 5.74) is -0.250. The number of rotatable bonds is 4. The summed E-state index contributed by atoms with van der Waals surface area (Å²) in [4.78, 5) is 11.4. The minimum atomic E-state index is -1.56. The zero-order valence-corrected chi connectivity index (χ0v) is 10.7. The predicted octanol–water partition coefficient (Wildman–Crippen LogP) is 1.39. The van der Waals surface area contributed by atoms with E-state index in [0.29, 0.717) is 11.3 Å². The maximum absolute atomic E-state index is 11.4. The van der Waals surface area contributed by atoms with Crippen LogP contribution in [-0.4, -0.2) is 28.4 Å². The summed E-state index contributed by atoms with van der Waals surface area (Å²) in [6, 6.07) is 6.23. The van der Waals surface area contributed by atoms with Crippen LogP contribution in [0.5, 0.6) is 5.75 Å². The Morgan fingerprint density at radius 2 is 2.00 bits per heavy atom. The van der Waals surface area contributed by atoms with Crippen LogP contribution >= 0.6 is 0 Å². The number of hydrogen-bond acceptors (Lipinski definition) is 5. The molecule has 0 fully saturated rings. The Labute approximate surface area is 106 Å². The van der Waals surface area contributed by atoms with Crippen LogP contribution in [0, 0.1) is 0 Å². The minimum Gasteiger partial charge on any atom is -0.482 e. The molecule has 100 valence electrons. The van der Waals surface area contributed by atoms with Gasteiger partial charge in [0, 0.05) is 5.56 Å². The monoisotopic (exact) mass is 254 g/mol. The molecule has 0 aliphatic carbocycles. The number of carbonyl (C=O) groups excluding carboxylic acids is 1. The van der Waals surface area contributed by atoms with Gasteiger partial charge in [0.25, 0.3) is 0 Å². The molecule has 1 aromatic carbocycles. The maximum atomic E-state index is 11.4. The van der Waals surface area contributed by atoms with E-state index >= 15 is 0 Å². The van der Waals surface area contributed by atoms with Gasteiger partial charge in [-0.2, -0.15) is 0 Å². The van der Waals surface area contributed by atoms with E-state index in [1.807, 2.05) is 0 Å². The molecule has 0 unspecified atom stereocenters. The van der Waals surface area contributed by atoms with Gasteiger partial charge in [-0.1, -0.05) is 12.1 Å². The Hall–Kier alpha value is -1.59. The van der Waals surface area contributed by atoms with E-state index in [4.69, 9.17) is 19.7 Å². The first-order valence-electron chi connectivity index (χ1n) is 5.59. The van der Waals surface area contributed by atoms with Gasteiger partial charge >= 0.3 is 5.97 Å². The van der Waals surface area contributed by atoms with Gasteiger partial charge in [0.1, 0.15) is 11.4 Å². The highest BCUT2D eigenvalue weighted by atomic mass is 16.6. The van der Waals surface area contributed by atoms with Crippen LogP contribution in [0.4, 0.5) is 0 Å². The molecule has 1 rings (SSSR count). The number of esters is 1. The summed E-state index contributed by atoms with van der Waals surface area (Å²) in [5.74, 6) is -0.0936. The van der Waals surface area contributed by atoms with Crippen molar-refractivity contribution in [3.63, 3.8) is 0 Å². The van der Waals surface area contributed by atoms with Crippen molar-refractivity contribution in [2.24, 2.45) is 0 Å². The van der Waals surface area contributed by atoms with E-state index in [0.717, 1.165) is 0 Å². The fourth-order valence-corrected chi connectivity index (χ4v) is 1.28. The summed E-state index contributed by atoms with van der Waals surface area (Å²) in [7, 11) is 0. The van der Waals surface area contributed by atoms with E-state index in [9.17, 15) is 4.79 Å². The van der Waals surface area contributed by atoms with Crippen molar-refractivity contribution in [2.75, 3.05) is 6.61 Å². The first-order chi connectivity index (χ1) is 8.28. The van der Waals surface area contributed by atoms with E-state index < -0.39 is 17.9 Å². The van der Waals surface area contributed by atoms with Gasteiger partial charge < -0.3 is 19.7 Å². The first kappa shape index (κ1) is 14.5. The largest absolute Gasteiger partial charge is 0.482 e. The lowest BCUT2D eigenvalue weighted by atomic mass is 10.2. The first-order valence-corrected chi connectivity index (χ1v) is 5.59. The normalized spacial score (nSPS) is 11.4. The number of aliphatic hydroxyl groups is 2. The van der Waals surface area contributed by atoms with Crippen molar-refractivity contribution >= 4 is 5.97 Å². The van der Waals surface area contributed by atoms with Crippen molar-refractivity contribution in [1.29, 1.82) is 0 Å². The smallest absolute Gasteiger partial charge is 0.344 e. The van der Waals surface area contributed by atoms with Gasteiger partial charge in [0.05, 0.1) is 0 Å². The highest BCUT2D eigenvalue weighted by molar-refractivity contribution is 5.71. The number of benzene rings is 1. The zero-order valence-electron chi connectivity index (χ0n) is 10.7. The molecule has 0 aromatic heterocycles. The van der Waals surface area contributed by atoms with Crippen molar-refractivity contribution in [2.45, 2.75) is 32.7 Å². The third-order valence-electron chi connectivity index (χ3n) is 1.93. The molecule has 0 atom stereocenters. The van der Waals surface area contributed by atoms with Gasteiger partial charge in [-0.05, 0) is 32.9 Å². The third kappa shape index (κ3) is 5.16. The van der Waals surface area contributed by atoms with Gasteiger partial charge in [0.15, 0.2) is 12.9 Å². The van der Waals surface area contributed by atoms with Crippen molar-refractivity contribution < 1.29 is 24.5 Å². The number of hydrogen-bond donors (Lipinski definition) is 2. The molecule has 5 heteroatoms. The summed E-state index contributed by atoms with van der Waals surface area (Å²) in [5, 5.41) is 18.0. The fourth-order valence-electron chi connectivity index (χ4n) is 1.28. The van der Waals surface area contributed by atoms with Crippen LogP contribution in [0.25, 0.3) is 0 Å². The van der Waals surface area contributed by atoms with Gasteiger partial charge in [-0.15, -0.1) is 0 Å². The van der Waals surface area contributed by atoms with E-state index in [-0.39, 0.29) is 6.61 Å². The van der Waals surface area contributed by atoms with Gasteiger partial charge in [-0.25, -0.2) is 4.79 Å². The van der Waals surface area contributed by atoms with Crippen molar-refractivity contribution in [3.05, 3.63) is 29.8 Å². The Balaban J connectivity index is 2.53. The molecule has 1 aromatic rings. The molecule has 0 radical (unpaired) electrons. The number of ether oxygens (including phenoxy) is 2. The molecule has 0 spiro atoms. The molecule has 0 heterocycles. The van der Waals surface area contributed by atoms with Crippen LogP contribution in [0.3, 0.4) is 0 Å². The number of aliphatic hydroxyl groups excluding tert-OH is 1. The molecule has 0 bridgehead atoms. The fraction of sp³-hybridized carbons (Fsp3) is 0.462. The summed E-state index contributed by atoms with van der Waals surface area (Å²) >= 11 is 0. The quantitative estimate of drug-likeness (QED) is 0.627. The van der Waals surface area contributed by atoms with Crippen molar-refractivity contribution in [1.82, 2.24) is 0 Å². The van der Waals surface area contributed by atoms with Crippen LogP contribution in [0.2, 0.25) is 0 Å². The molecule has 0 aliphatic rings. The molecular formula is C13H18O5. The molecular weight excluding hydrogens is 236 g/mol. The third-order valence-corrected chi connectivity index (χ3v) is 1.93. The molecule has 0 aliphatic heterocycles. The maximum Gasteiger partial charge on any atom is 0.344 e. The van der Waals surface area contributed by atoms with Crippen molar-refractivity contribution in [3.8, 4) is 5.75 Å². The van der Waals surface area contributed by atoms with Crippen LogP contribution in [-0.2, 0) is 9.53 Å². The highest BCUT2D eigenvalue weighted by Crippen LogP contribution is 2.17. The second kappa shape index (κ2) is 5.84. The van der Waals surface area contributed by atoms with Crippen LogP contribution in [0.15, 0.2) is 24.3 Å². The lowest BCUT2D eigenvalue weighted by molar-refractivity contribution is -0.157. The summed E-state index contributed by atoms with van der Waals surface area (Å²) in [6.07, 6.45) is -1.56. The lowest BCUT2D eigenvalue weighted by Crippen LogP contribution is -2.27. The topological polar surface area (TPSA) is 76.0 Å². The second-order valence-corrected chi connectivity index (χ2v) is 4.82. The summed E-state index contributed by atoms with van der Waals surface area (Å²) < 4.78 is 10.3. The van der Waals surface area contributed by atoms with Gasteiger partial charge in [-0.3, -0.25) is 0 Å². The number of carbonyl (C=O) groups is 1. The average molecular weight is 254 g/mol. The molecule has 5 nitrogen and oxygen atoms in total. The SMILES string of the molecule is CC(C)(C)OC(=O)COc1cccc(C(O)O)c1. The molecule has 2 N–H and O–H groups in total. The molecule has 0 saturated heterocycles. The highest BCUT2D eigenvalue weighted by Gasteiger charge is 2.16. The minimum absolute atomic E-state index is 0.220. The van der Waals surface area contributed by atoms with E-state index in [2.05, 4.69) is 0 Å². The van der Waals surface area contributed by atoms with E-state index in [1.165, 1.54) is 6.07 Å². The van der Waals surface area contributed by atoms with E-state index in [1.54, 1.807) is 39.0 Å². The Kier molecular flexibility index (Phi) is 4.69. The molecule has 0 saturated carbocycles. The zero-order chi connectivity index (χ0) is 13.8. The van der Waals surface area contributed by atoms with Crippen LogP contribution < -0.4 is 4.74 Å². The second-order valence-electron chi connectivity index (χ2n) is 4.82. The lowest BCUT2D eigenvalue weighted by Gasteiger charge is -2.19. The molecule has 0 amide bonds. The van der Waals surface area contributed by atoms with Gasteiger partial charge in [0.2, 0.25) is 0 Å². The summed E-state index contributed by atoms with van der Waals surface area (Å²) in [6.45, 7) is 5.09. The standard InChI is InChI=1S/C13H18O5/c1-13(2,3)18-11(14)8-17-10-6-4-5-9(7-10)12(15)16/h4-7,12,15-16H,8H2,1-3H3. The average Bonchev–Trinajstić information content (AvgIpc) is 2.24. The Morgan fingerprint density at radius 1 is 1.33 bits per heavy atom.